The molecule has 0 aliphatic carbocycles. The summed E-state index contributed by atoms with van der Waals surface area (Å²) in [5.41, 5.74) is -0.324. The fourth-order valence-electron chi connectivity index (χ4n) is 4.12. The third kappa shape index (κ3) is 5.91. The fourth-order valence-corrected chi connectivity index (χ4v) is 4.12. The molecule has 1 saturated heterocycles. The maximum absolute atomic E-state index is 13.1. The lowest BCUT2D eigenvalue weighted by molar-refractivity contribution is -0.0785. The van der Waals surface area contributed by atoms with Gasteiger partial charge in [-0.1, -0.05) is 26.0 Å². The summed E-state index contributed by atoms with van der Waals surface area (Å²) in [4.78, 5) is 27.3. The minimum Gasteiger partial charge on any atom is -0.496 e. The van der Waals surface area contributed by atoms with Crippen molar-refractivity contribution in [3.63, 3.8) is 0 Å². The minimum absolute atomic E-state index is 0.207. The van der Waals surface area contributed by atoms with Gasteiger partial charge in [0.15, 0.2) is 0 Å². The molecule has 0 unspecified atom stereocenters. The molecule has 0 bridgehead atoms. The van der Waals surface area contributed by atoms with Gasteiger partial charge in [0.2, 0.25) is 0 Å². The van der Waals surface area contributed by atoms with E-state index >= 15 is 0 Å². The summed E-state index contributed by atoms with van der Waals surface area (Å²) in [6.45, 7) is 13.5. The van der Waals surface area contributed by atoms with Crippen LogP contribution in [-0.4, -0.2) is 54.7 Å². The first kappa shape index (κ1) is 25.0. The molecule has 0 aromatic heterocycles. The molecule has 0 radical (unpaired) electrons. The van der Waals surface area contributed by atoms with Crippen molar-refractivity contribution in [1.82, 2.24) is 4.90 Å². The van der Waals surface area contributed by atoms with E-state index in [1.807, 2.05) is 46.8 Å². The number of methoxy groups -OCH3 is 2. The van der Waals surface area contributed by atoms with Crippen molar-refractivity contribution >= 4 is 12.1 Å². The van der Waals surface area contributed by atoms with Crippen molar-refractivity contribution in [2.24, 2.45) is 5.92 Å². The van der Waals surface area contributed by atoms with Gasteiger partial charge in [-0.05, 0) is 58.6 Å². The Morgan fingerprint density at radius 3 is 2.35 bits per heavy atom. The number of carbonyl (C=O) groups excluding carboxylic acids is 2. The number of hydrogen-bond acceptors (Lipinski definition) is 6. The lowest BCUT2D eigenvalue weighted by Gasteiger charge is -2.35. The predicted octanol–water partition coefficient (Wildman–Crippen LogP) is 4.81. The van der Waals surface area contributed by atoms with Crippen LogP contribution in [0.1, 0.15) is 70.8 Å². The molecule has 0 saturated carbocycles. The lowest BCUT2D eigenvalue weighted by atomic mass is 9.92. The molecule has 174 valence electrons. The molecule has 7 heteroatoms. The van der Waals surface area contributed by atoms with Crippen molar-refractivity contribution in [2.45, 2.75) is 84.8 Å². The highest BCUT2D eigenvalue weighted by molar-refractivity contribution is 5.94. The Balaban J connectivity index is 2.44. The molecule has 1 aliphatic heterocycles. The Kier molecular flexibility index (Phi) is 7.63. The SMILES string of the molecule is COC(=O)c1c(C[C@@H]2OC(C)(C)N(C(=O)OC(C)(C)C)[C@H]2CC(C)C)cccc1OC. The Bertz CT molecular complexity index is 796. The molecule has 31 heavy (non-hydrogen) atoms. The highest BCUT2D eigenvalue weighted by atomic mass is 16.6. The van der Waals surface area contributed by atoms with Crippen LogP contribution < -0.4 is 4.74 Å². The number of benzene rings is 1. The quantitative estimate of drug-likeness (QED) is 0.597. The number of carbonyl (C=O) groups is 2. The summed E-state index contributed by atoms with van der Waals surface area (Å²) < 4.78 is 22.5. The second-order valence-electron chi connectivity index (χ2n) is 9.84. The summed E-state index contributed by atoms with van der Waals surface area (Å²) >= 11 is 0. The summed E-state index contributed by atoms with van der Waals surface area (Å²) in [5.74, 6) is 0.320. The molecule has 2 atom stereocenters. The number of rotatable bonds is 6. The smallest absolute Gasteiger partial charge is 0.412 e. The molecule has 2 rings (SSSR count). The fraction of sp³-hybridized carbons (Fsp3) is 0.667. The van der Waals surface area contributed by atoms with E-state index in [4.69, 9.17) is 18.9 Å². The van der Waals surface area contributed by atoms with E-state index in [2.05, 4.69) is 13.8 Å². The number of nitrogens with zero attached hydrogens (tertiary/aromatic N) is 1. The zero-order valence-corrected chi connectivity index (χ0v) is 20.3. The Morgan fingerprint density at radius 2 is 1.84 bits per heavy atom. The van der Waals surface area contributed by atoms with Crippen molar-refractivity contribution in [2.75, 3.05) is 14.2 Å². The highest BCUT2D eigenvalue weighted by Crippen LogP contribution is 2.39. The zero-order chi connectivity index (χ0) is 23.6. The van der Waals surface area contributed by atoms with Gasteiger partial charge in [-0.15, -0.1) is 0 Å². The van der Waals surface area contributed by atoms with Gasteiger partial charge in [0.1, 0.15) is 22.6 Å². The van der Waals surface area contributed by atoms with Crippen molar-refractivity contribution < 1.29 is 28.5 Å². The van der Waals surface area contributed by atoms with Gasteiger partial charge < -0.3 is 18.9 Å². The van der Waals surface area contributed by atoms with E-state index in [0.717, 1.165) is 12.0 Å². The van der Waals surface area contributed by atoms with E-state index < -0.39 is 23.4 Å². The third-order valence-corrected chi connectivity index (χ3v) is 5.23. The first-order valence-electron chi connectivity index (χ1n) is 10.7. The number of ether oxygens (including phenoxy) is 4. The maximum atomic E-state index is 13.1. The summed E-state index contributed by atoms with van der Waals surface area (Å²) in [5, 5.41) is 0. The topological polar surface area (TPSA) is 74.3 Å². The van der Waals surface area contributed by atoms with E-state index in [1.54, 1.807) is 11.0 Å². The molecule has 1 heterocycles. The van der Waals surface area contributed by atoms with Crippen molar-refractivity contribution in [1.29, 1.82) is 0 Å². The molecule has 1 aliphatic rings. The average molecular weight is 436 g/mol. The molecule has 1 amide bonds. The van der Waals surface area contributed by atoms with Crippen molar-refractivity contribution in [3.8, 4) is 5.75 Å². The first-order valence-corrected chi connectivity index (χ1v) is 10.7. The van der Waals surface area contributed by atoms with Gasteiger partial charge in [0.25, 0.3) is 0 Å². The van der Waals surface area contributed by atoms with E-state index in [1.165, 1.54) is 14.2 Å². The molecule has 0 spiro atoms. The standard InChI is InChI=1S/C24H37NO6/c1-15(2)13-17-19(30-24(6,7)25(17)22(27)31-23(3,4)5)14-16-11-10-12-18(28-8)20(16)21(26)29-9/h10-12,15,17,19H,13-14H2,1-9H3/t17-,19-/m0/s1. The summed E-state index contributed by atoms with van der Waals surface area (Å²) in [7, 11) is 2.87. The lowest BCUT2D eigenvalue weighted by Crippen LogP contribution is -2.50. The Labute approximate surface area is 186 Å². The van der Waals surface area contributed by atoms with Gasteiger partial charge in [0.05, 0.1) is 26.4 Å². The maximum Gasteiger partial charge on any atom is 0.412 e. The average Bonchev–Trinajstić information content (AvgIpc) is 2.88. The molecule has 1 fully saturated rings. The second kappa shape index (κ2) is 9.47. The first-order chi connectivity index (χ1) is 14.3. The van der Waals surface area contributed by atoms with Crippen LogP contribution >= 0.6 is 0 Å². The van der Waals surface area contributed by atoms with Crippen LogP contribution in [-0.2, 0) is 20.6 Å². The molecule has 0 N–H and O–H groups in total. The molecule has 1 aromatic carbocycles. The molecular formula is C24H37NO6. The third-order valence-electron chi connectivity index (χ3n) is 5.23. The van der Waals surface area contributed by atoms with Crippen LogP contribution in [0.2, 0.25) is 0 Å². The summed E-state index contributed by atoms with van der Waals surface area (Å²) in [6.07, 6.45) is 0.456. The number of hydrogen-bond donors (Lipinski definition) is 0. The highest BCUT2D eigenvalue weighted by Gasteiger charge is 2.51. The molecule has 7 nitrogen and oxygen atoms in total. The van der Waals surface area contributed by atoms with E-state index in [9.17, 15) is 9.59 Å². The largest absolute Gasteiger partial charge is 0.496 e. The van der Waals surface area contributed by atoms with Crippen LogP contribution in [0.4, 0.5) is 4.79 Å². The molecule has 1 aromatic rings. The predicted molar refractivity (Wildman–Crippen MR) is 118 cm³/mol. The van der Waals surface area contributed by atoms with Crippen LogP contribution in [0.15, 0.2) is 18.2 Å². The van der Waals surface area contributed by atoms with E-state index in [0.29, 0.717) is 23.7 Å². The van der Waals surface area contributed by atoms with E-state index in [-0.39, 0.29) is 12.1 Å². The Morgan fingerprint density at radius 1 is 1.19 bits per heavy atom. The van der Waals surface area contributed by atoms with Crippen LogP contribution in [0, 0.1) is 5.92 Å². The van der Waals surface area contributed by atoms with Gasteiger partial charge in [-0.25, -0.2) is 9.59 Å². The monoisotopic (exact) mass is 435 g/mol. The van der Waals surface area contributed by atoms with Gasteiger partial charge in [0, 0.05) is 6.42 Å². The number of esters is 1. The Hall–Kier alpha value is -2.28. The molecular weight excluding hydrogens is 398 g/mol. The van der Waals surface area contributed by atoms with Gasteiger partial charge in [-0.2, -0.15) is 0 Å². The van der Waals surface area contributed by atoms with Gasteiger partial charge in [-0.3, -0.25) is 4.90 Å². The van der Waals surface area contributed by atoms with Crippen molar-refractivity contribution in [3.05, 3.63) is 29.3 Å². The van der Waals surface area contributed by atoms with Gasteiger partial charge >= 0.3 is 12.1 Å². The second-order valence-corrected chi connectivity index (χ2v) is 9.84. The van der Waals surface area contributed by atoms with Crippen LogP contribution in [0.25, 0.3) is 0 Å². The normalized spacial score (nSPS) is 20.6. The summed E-state index contributed by atoms with van der Waals surface area (Å²) in [6, 6.07) is 5.23. The zero-order valence-electron chi connectivity index (χ0n) is 20.3. The van der Waals surface area contributed by atoms with Crippen LogP contribution in [0.5, 0.6) is 5.75 Å². The van der Waals surface area contributed by atoms with Crippen LogP contribution in [0.3, 0.4) is 0 Å². The number of amides is 1. The minimum atomic E-state index is -0.850.